The lowest BCUT2D eigenvalue weighted by Gasteiger charge is -2.07. The number of hydrogen-bond donors (Lipinski definition) is 1. The molecule has 0 amide bonds. The van der Waals surface area contributed by atoms with Crippen LogP contribution in [0.25, 0.3) is 33.1 Å². The van der Waals surface area contributed by atoms with Crippen molar-refractivity contribution < 1.29 is 8.42 Å². The topological polar surface area (TPSA) is 67.8 Å². The normalized spacial score (nSPS) is 12.0. The molecule has 0 saturated carbocycles. The zero-order valence-corrected chi connectivity index (χ0v) is 15.9. The molecule has 28 heavy (non-hydrogen) atoms. The number of pyridine rings is 1. The van der Waals surface area contributed by atoms with Gasteiger partial charge in [-0.05, 0) is 37.3 Å². The van der Waals surface area contributed by atoms with Crippen LogP contribution in [0.15, 0.2) is 84.1 Å². The van der Waals surface area contributed by atoms with Crippen LogP contribution >= 0.6 is 0 Å². The quantitative estimate of drug-likeness (QED) is 0.487. The van der Waals surface area contributed by atoms with Gasteiger partial charge in [0.15, 0.2) is 5.65 Å². The highest BCUT2D eigenvalue weighted by Gasteiger charge is 2.23. The molecule has 6 heteroatoms. The van der Waals surface area contributed by atoms with Gasteiger partial charge in [0, 0.05) is 46.0 Å². The Balaban J connectivity index is 1.79. The first-order chi connectivity index (χ1) is 13.6. The van der Waals surface area contributed by atoms with Crippen LogP contribution in [-0.4, -0.2) is 22.4 Å². The van der Waals surface area contributed by atoms with Crippen LogP contribution in [0.5, 0.6) is 0 Å². The minimum atomic E-state index is -3.76. The summed E-state index contributed by atoms with van der Waals surface area (Å²) in [6.07, 6.45) is 5.19. The van der Waals surface area contributed by atoms with Crippen LogP contribution in [0, 0.1) is 6.92 Å². The number of para-hydroxylation sites is 1. The first kappa shape index (κ1) is 16.8. The maximum Gasteiger partial charge on any atom is 0.269 e. The van der Waals surface area contributed by atoms with Gasteiger partial charge in [-0.15, -0.1) is 0 Å². The molecule has 0 aliphatic rings. The van der Waals surface area contributed by atoms with Crippen LogP contribution in [0.1, 0.15) is 5.56 Å². The van der Waals surface area contributed by atoms with Gasteiger partial charge < -0.3 is 4.98 Å². The zero-order chi connectivity index (χ0) is 19.3. The molecule has 2 aromatic carbocycles. The van der Waals surface area contributed by atoms with E-state index in [-0.39, 0.29) is 4.90 Å². The predicted molar refractivity (Wildman–Crippen MR) is 111 cm³/mol. The number of aryl methyl sites for hydroxylation is 1. The first-order valence-corrected chi connectivity index (χ1v) is 10.3. The largest absolute Gasteiger partial charge is 0.361 e. The molecule has 5 nitrogen and oxygen atoms in total. The number of aromatic amines is 1. The maximum absolute atomic E-state index is 13.3. The Morgan fingerprint density at radius 2 is 1.64 bits per heavy atom. The van der Waals surface area contributed by atoms with E-state index in [2.05, 4.69) is 9.97 Å². The Kier molecular flexibility index (Phi) is 3.64. The van der Waals surface area contributed by atoms with E-state index in [4.69, 9.17) is 0 Å². The van der Waals surface area contributed by atoms with Crippen LogP contribution < -0.4 is 0 Å². The standard InChI is InChI=1S/C22H17N3O2S/c1-15-8-10-16(11-9-15)28(26,27)25-14-20(18-6-4-12-23-22(18)25)19-13-24-21-7-3-2-5-17(19)21/h2-14,24H,1H3. The predicted octanol–water partition coefficient (Wildman–Crippen LogP) is 4.73. The summed E-state index contributed by atoms with van der Waals surface area (Å²) in [6, 6.07) is 18.5. The smallest absolute Gasteiger partial charge is 0.269 e. The summed E-state index contributed by atoms with van der Waals surface area (Å²) in [5, 5.41) is 1.83. The van der Waals surface area contributed by atoms with Gasteiger partial charge >= 0.3 is 0 Å². The maximum atomic E-state index is 13.3. The van der Waals surface area contributed by atoms with E-state index in [1.807, 2.05) is 49.5 Å². The van der Waals surface area contributed by atoms with Crippen molar-refractivity contribution in [2.45, 2.75) is 11.8 Å². The summed E-state index contributed by atoms with van der Waals surface area (Å²) in [5.41, 5.74) is 4.21. The average Bonchev–Trinajstić information content (AvgIpc) is 3.30. The number of benzene rings is 2. The van der Waals surface area contributed by atoms with E-state index < -0.39 is 10.0 Å². The van der Waals surface area contributed by atoms with E-state index in [0.29, 0.717) is 5.65 Å². The molecule has 5 aromatic rings. The summed E-state index contributed by atoms with van der Waals surface area (Å²) in [4.78, 5) is 7.87. The molecule has 3 heterocycles. The summed E-state index contributed by atoms with van der Waals surface area (Å²) in [7, 11) is -3.76. The Morgan fingerprint density at radius 3 is 2.46 bits per heavy atom. The molecule has 0 aliphatic heterocycles. The summed E-state index contributed by atoms with van der Waals surface area (Å²) in [6.45, 7) is 1.93. The van der Waals surface area contributed by atoms with Crippen LogP contribution in [0.2, 0.25) is 0 Å². The van der Waals surface area contributed by atoms with Gasteiger partial charge in [-0.3, -0.25) is 0 Å². The fraction of sp³-hybridized carbons (Fsp3) is 0.0455. The third-order valence-electron chi connectivity index (χ3n) is 4.99. The fourth-order valence-corrected chi connectivity index (χ4v) is 4.87. The second-order valence-electron chi connectivity index (χ2n) is 6.78. The molecule has 138 valence electrons. The summed E-state index contributed by atoms with van der Waals surface area (Å²) in [5.74, 6) is 0. The average molecular weight is 387 g/mol. The van der Waals surface area contributed by atoms with Crippen molar-refractivity contribution in [1.29, 1.82) is 0 Å². The molecule has 0 saturated heterocycles. The van der Waals surface area contributed by atoms with Crippen molar-refractivity contribution in [3.05, 3.63) is 84.8 Å². The van der Waals surface area contributed by atoms with E-state index in [0.717, 1.165) is 33.0 Å². The van der Waals surface area contributed by atoms with Gasteiger partial charge in [-0.2, -0.15) is 0 Å². The highest BCUT2D eigenvalue weighted by atomic mass is 32.2. The molecule has 0 unspecified atom stereocenters. The lowest BCUT2D eigenvalue weighted by molar-refractivity contribution is 0.589. The monoisotopic (exact) mass is 387 g/mol. The highest BCUT2D eigenvalue weighted by Crippen LogP contribution is 2.35. The number of hydrogen-bond acceptors (Lipinski definition) is 3. The molecule has 0 fully saturated rings. The lowest BCUT2D eigenvalue weighted by atomic mass is 10.1. The van der Waals surface area contributed by atoms with E-state index in [1.165, 1.54) is 3.97 Å². The van der Waals surface area contributed by atoms with Crippen molar-refractivity contribution in [2.75, 3.05) is 0 Å². The zero-order valence-electron chi connectivity index (χ0n) is 15.1. The molecule has 1 N–H and O–H groups in total. The Bertz CT molecular complexity index is 1430. The number of nitrogens with one attached hydrogen (secondary N) is 1. The van der Waals surface area contributed by atoms with Crippen LogP contribution in [-0.2, 0) is 10.0 Å². The van der Waals surface area contributed by atoms with Crippen molar-refractivity contribution in [1.82, 2.24) is 13.9 Å². The molecule has 3 aromatic heterocycles. The van der Waals surface area contributed by atoms with Gasteiger partial charge in [0.1, 0.15) is 0 Å². The molecule has 0 radical (unpaired) electrons. The van der Waals surface area contributed by atoms with E-state index in [9.17, 15) is 8.42 Å². The summed E-state index contributed by atoms with van der Waals surface area (Å²) < 4.78 is 27.9. The van der Waals surface area contributed by atoms with Crippen molar-refractivity contribution in [2.24, 2.45) is 0 Å². The van der Waals surface area contributed by atoms with E-state index >= 15 is 0 Å². The molecule has 0 spiro atoms. The molecule has 5 rings (SSSR count). The second-order valence-corrected chi connectivity index (χ2v) is 8.59. The number of fused-ring (bicyclic) bond motifs is 2. The van der Waals surface area contributed by atoms with Gasteiger partial charge in [-0.25, -0.2) is 17.4 Å². The number of rotatable bonds is 3. The third kappa shape index (κ3) is 2.46. The minimum Gasteiger partial charge on any atom is -0.361 e. The third-order valence-corrected chi connectivity index (χ3v) is 6.65. The van der Waals surface area contributed by atoms with Gasteiger partial charge in [0.25, 0.3) is 10.0 Å². The van der Waals surface area contributed by atoms with Crippen LogP contribution in [0.4, 0.5) is 0 Å². The second kappa shape index (κ2) is 6.07. The van der Waals surface area contributed by atoms with Crippen molar-refractivity contribution in [3.63, 3.8) is 0 Å². The minimum absolute atomic E-state index is 0.242. The SMILES string of the molecule is Cc1ccc(S(=O)(=O)n2cc(-c3c[nH]c4ccccc34)c3cccnc32)cc1. The van der Waals surface area contributed by atoms with Gasteiger partial charge in [-0.1, -0.05) is 35.9 Å². The van der Waals surface area contributed by atoms with E-state index in [1.54, 1.807) is 36.7 Å². The number of aromatic nitrogens is 3. The number of nitrogens with zero attached hydrogens (tertiary/aromatic N) is 2. The molecule has 0 aliphatic carbocycles. The van der Waals surface area contributed by atoms with Crippen molar-refractivity contribution >= 4 is 32.0 Å². The first-order valence-electron chi connectivity index (χ1n) is 8.90. The van der Waals surface area contributed by atoms with Gasteiger partial charge in [0.2, 0.25) is 0 Å². The van der Waals surface area contributed by atoms with Crippen molar-refractivity contribution in [3.8, 4) is 11.1 Å². The Morgan fingerprint density at radius 1 is 0.893 bits per heavy atom. The molecule has 0 bridgehead atoms. The molecular weight excluding hydrogens is 370 g/mol. The highest BCUT2D eigenvalue weighted by molar-refractivity contribution is 7.90. The number of H-pyrrole nitrogens is 1. The lowest BCUT2D eigenvalue weighted by Crippen LogP contribution is -2.12. The Hall–Kier alpha value is -3.38. The fourth-order valence-electron chi connectivity index (χ4n) is 3.55. The summed E-state index contributed by atoms with van der Waals surface area (Å²) >= 11 is 0. The van der Waals surface area contributed by atoms with Crippen LogP contribution in [0.3, 0.4) is 0 Å². The van der Waals surface area contributed by atoms with Gasteiger partial charge in [0.05, 0.1) is 4.90 Å². The molecular formula is C22H17N3O2S. The molecule has 0 atom stereocenters. The Labute approximate surface area is 162 Å².